The average molecular weight is 262 g/mol. The normalized spacial score (nSPS) is 14.6. The summed E-state index contributed by atoms with van der Waals surface area (Å²) in [7, 11) is 0. The van der Waals surface area contributed by atoms with Crippen molar-refractivity contribution in [1.82, 2.24) is 0 Å². The predicted octanol–water partition coefficient (Wildman–Crippen LogP) is 2.92. The Morgan fingerprint density at radius 2 is 2.06 bits per heavy atom. The van der Waals surface area contributed by atoms with E-state index in [4.69, 9.17) is 4.74 Å². The monoisotopic (exact) mass is 262 g/mol. The summed E-state index contributed by atoms with van der Waals surface area (Å²) in [5, 5.41) is 9.18. The van der Waals surface area contributed by atoms with Gasteiger partial charge in [0.1, 0.15) is 0 Å². The topological polar surface area (TPSA) is 46.5 Å². The first-order valence-corrected chi connectivity index (χ1v) is 5.79. The molecule has 0 aliphatic heterocycles. The number of aliphatic carboxylic acids is 1. The number of rotatable bonds is 6. The fourth-order valence-corrected chi connectivity index (χ4v) is 2.22. The molecule has 0 aliphatic rings. The molecule has 0 amide bonds. The molecule has 1 aromatic carbocycles. The van der Waals surface area contributed by atoms with Gasteiger partial charge in [-0.3, -0.25) is 0 Å². The van der Waals surface area contributed by atoms with Gasteiger partial charge >= 0.3 is 5.97 Å². The second-order valence-corrected chi connectivity index (χ2v) is 4.27. The van der Waals surface area contributed by atoms with Gasteiger partial charge in [0.05, 0.1) is 0 Å². The van der Waals surface area contributed by atoms with Gasteiger partial charge in [-0.1, -0.05) is 30.3 Å². The van der Waals surface area contributed by atoms with E-state index >= 15 is 0 Å². The van der Waals surface area contributed by atoms with Crippen molar-refractivity contribution in [3.63, 3.8) is 0 Å². The summed E-state index contributed by atoms with van der Waals surface area (Å²) in [4.78, 5) is 9.22. The summed E-state index contributed by atoms with van der Waals surface area (Å²) in [6.07, 6.45) is 0. The second kappa shape index (κ2) is 5.97. The van der Waals surface area contributed by atoms with Crippen LogP contribution in [0, 0.1) is 0 Å². The number of alkyl halides is 2. The van der Waals surface area contributed by atoms with E-state index in [9.17, 15) is 18.7 Å². The molecule has 0 heterocycles. The SMILES string of the molecule is CCOC(SC(F)F)(C(=O)O)c1ccccc1. The highest BCUT2D eigenvalue weighted by atomic mass is 32.2. The highest BCUT2D eigenvalue weighted by molar-refractivity contribution is 8.01. The highest BCUT2D eigenvalue weighted by Gasteiger charge is 2.45. The van der Waals surface area contributed by atoms with Gasteiger partial charge in [-0.05, 0) is 18.7 Å². The van der Waals surface area contributed by atoms with Crippen LogP contribution in [0.25, 0.3) is 0 Å². The van der Waals surface area contributed by atoms with Crippen LogP contribution in [0.4, 0.5) is 8.78 Å². The number of carboxylic acid groups (broad SMARTS) is 1. The van der Waals surface area contributed by atoms with E-state index in [0.29, 0.717) is 0 Å². The van der Waals surface area contributed by atoms with Crippen LogP contribution in [0.1, 0.15) is 12.5 Å². The maximum absolute atomic E-state index is 12.5. The van der Waals surface area contributed by atoms with E-state index in [1.807, 2.05) is 0 Å². The molecule has 17 heavy (non-hydrogen) atoms. The summed E-state index contributed by atoms with van der Waals surface area (Å²) >= 11 is -0.0223. The first kappa shape index (κ1) is 13.9. The summed E-state index contributed by atoms with van der Waals surface area (Å²) < 4.78 is 30.1. The highest BCUT2D eigenvalue weighted by Crippen LogP contribution is 2.41. The van der Waals surface area contributed by atoms with E-state index < -0.39 is 16.7 Å². The van der Waals surface area contributed by atoms with Crippen LogP contribution in [0.3, 0.4) is 0 Å². The fraction of sp³-hybridized carbons (Fsp3) is 0.364. The molecule has 1 aromatic rings. The van der Waals surface area contributed by atoms with Gasteiger partial charge in [-0.2, -0.15) is 8.78 Å². The average Bonchev–Trinajstić information content (AvgIpc) is 2.28. The lowest BCUT2D eigenvalue weighted by Crippen LogP contribution is -2.36. The molecule has 0 radical (unpaired) electrons. The van der Waals surface area contributed by atoms with E-state index in [0.717, 1.165) is 0 Å². The van der Waals surface area contributed by atoms with Crippen molar-refractivity contribution in [3.8, 4) is 0 Å². The molecule has 1 atom stereocenters. The zero-order chi connectivity index (χ0) is 12.9. The van der Waals surface area contributed by atoms with Gasteiger partial charge in [-0.15, -0.1) is 0 Å². The summed E-state index contributed by atoms with van der Waals surface area (Å²) in [5.41, 5.74) is 0.194. The third-order valence-electron chi connectivity index (χ3n) is 2.04. The van der Waals surface area contributed by atoms with Crippen molar-refractivity contribution in [2.24, 2.45) is 0 Å². The summed E-state index contributed by atoms with van der Waals surface area (Å²) in [5.74, 6) is -4.27. The largest absolute Gasteiger partial charge is 0.478 e. The Morgan fingerprint density at radius 3 is 2.47 bits per heavy atom. The Kier molecular flexibility index (Phi) is 4.89. The Balaban J connectivity index is 3.19. The van der Waals surface area contributed by atoms with Crippen molar-refractivity contribution in [2.45, 2.75) is 17.6 Å². The molecule has 1 N–H and O–H groups in total. The minimum absolute atomic E-state index is 0.0223. The van der Waals surface area contributed by atoms with Crippen molar-refractivity contribution in [3.05, 3.63) is 35.9 Å². The Morgan fingerprint density at radius 1 is 1.47 bits per heavy atom. The molecule has 94 valence electrons. The molecular weight excluding hydrogens is 250 g/mol. The molecule has 0 aromatic heterocycles. The predicted molar refractivity (Wildman–Crippen MR) is 61.0 cm³/mol. The van der Waals surface area contributed by atoms with E-state index in [1.165, 1.54) is 12.1 Å². The second-order valence-electron chi connectivity index (χ2n) is 3.10. The fourth-order valence-electron chi connectivity index (χ4n) is 1.41. The van der Waals surface area contributed by atoms with Crippen LogP contribution in [-0.2, 0) is 14.5 Å². The Labute approximate surface area is 102 Å². The van der Waals surface area contributed by atoms with Crippen LogP contribution in [0.2, 0.25) is 0 Å². The molecule has 0 saturated heterocycles. The van der Waals surface area contributed by atoms with Gasteiger partial charge < -0.3 is 9.84 Å². The molecule has 3 nitrogen and oxygen atoms in total. The van der Waals surface area contributed by atoms with Crippen LogP contribution < -0.4 is 0 Å². The van der Waals surface area contributed by atoms with Gasteiger partial charge in [-0.25, -0.2) is 4.79 Å². The van der Waals surface area contributed by atoms with Crippen molar-refractivity contribution >= 4 is 17.7 Å². The van der Waals surface area contributed by atoms with Gasteiger partial charge in [0.15, 0.2) is 0 Å². The molecule has 0 fully saturated rings. The number of hydrogen-bond acceptors (Lipinski definition) is 3. The molecule has 1 rings (SSSR count). The first-order chi connectivity index (χ1) is 8.03. The van der Waals surface area contributed by atoms with Crippen molar-refractivity contribution in [2.75, 3.05) is 6.61 Å². The third kappa shape index (κ3) is 3.17. The molecule has 6 heteroatoms. The minimum atomic E-state index is -2.84. The van der Waals surface area contributed by atoms with Gasteiger partial charge in [0.2, 0.25) is 4.93 Å². The molecule has 1 unspecified atom stereocenters. The first-order valence-electron chi connectivity index (χ1n) is 4.91. The standard InChI is InChI=1S/C11H12F2O3S/c1-2-16-11(9(14)15,17-10(12)13)8-6-4-3-5-7-8/h3-7,10H,2H2,1H3,(H,14,15). The lowest BCUT2D eigenvalue weighted by Gasteiger charge is -2.28. The van der Waals surface area contributed by atoms with Crippen LogP contribution >= 0.6 is 11.8 Å². The van der Waals surface area contributed by atoms with Gasteiger partial charge in [0, 0.05) is 12.2 Å². The summed E-state index contributed by atoms with van der Waals surface area (Å²) in [6.45, 7) is 1.59. The van der Waals surface area contributed by atoms with Crippen molar-refractivity contribution < 1.29 is 23.4 Å². The molecule has 0 saturated carbocycles. The zero-order valence-electron chi connectivity index (χ0n) is 9.10. The lowest BCUT2D eigenvalue weighted by atomic mass is 10.1. The summed E-state index contributed by atoms with van der Waals surface area (Å²) in [6, 6.07) is 7.75. The number of carboxylic acids is 1. The number of thioether (sulfide) groups is 1. The smallest absolute Gasteiger partial charge is 0.351 e. The molecule has 0 aliphatic carbocycles. The number of hydrogen-bond donors (Lipinski definition) is 1. The minimum Gasteiger partial charge on any atom is -0.478 e. The van der Waals surface area contributed by atoms with Gasteiger partial charge in [0.25, 0.3) is 5.76 Å². The number of benzene rings is 1. The van der Waals surface area contributed by atoms with Crippen molar-refractivity contribution in [1.29, 1.82) is 0 Å². The quantitative estimate of drug-likeness (QED) is 0.801. The van der Waals surface area contributed by atoms with E-state index in [1.54, 1.807) is 25.1 Å². The molecular formula is C11H12F2O3S. The zero-order valence-corrected chi connectivity index (χ0v) is 9.92. The number of halogens is 2. The van der Waals surface area contributed by atoms with E-state index in [2.05, 4.69) is 0 Å². The van der Waals surface area contributed by atoms with Crippen LogP contribution in [0.15, 0.2) is 30.3 Å². The maximum Gasteiger partial charge on any atom is 0.351 e. The van der Waals surface area contributed by atoms with Crippen LogP contribution in [0.5, 0.6) is 0 Å². The number of carbonyl (C=O) groups is 1. The molecule has 0 spiro atoms. The van der Waals surface area contributed by atoms with Crippen LogP contribution in [-0.4, -0.2) is 23.4 Å². The van der Waals surface area contributed by atoms with E-state index in [-0.39, 0.29) is 23.9 Å². The number of ether oxygens (including phenoxy) is 1. The maximum atomic E-state index is 12.5. The Hall–Kier alpha value is -1.14. The molecule has 0 bridgehead atoms. The third-order valence-corrected chi connectivity index (χ3v) is 3.08. The lowest BCUT2D eigenvalue weighted by molar-refractivity contribution is -0.154. The Bertz CT molecular complexity index is 372.